The van der Waals surface area contributed by atoms with Gasteiger partial charge >= 0.3 is 0 Å². The van der Waals surface area contributed by atoms with E-state index in [-0.39, 0.29) is 23.5 Å². The quantitative estimate of drug-likeness (QED) is 0.342. The second kappa shape index (κ2) is 8.35. The van der Waals surface area contributed by atoms with Crippen LogP contribution in [0, 0.1) is 5.92 Å². The molecule has 33 heavy (non-hydrogen) atoms. The Labute approximate surface area is 199 Å². The lowest BCUT2D eigenvalue weighted by atomic mass is 9.62. The van der Waals surface area contributed by atoms with Gasteiger partial charge in [0.2, 0.25) is 0 Å². The molecule has 3 aromatic carbocycles. The van der Waals surface area contributed by atoms with Crippen LogP contribution in [-0.4, -0.2) is 10.8 Å². The molecule has 1 N–H and O–H groups in total. The Balaban J connectivity index is 1.64. The van der Waals surface area contributed by atoms with Crippen molar-refractivity contribution in [2.24, 2.45) is 5.92 Å². The number of aromatic amines is 1. The van der Waals surface area contributed by atoms with Crippen LogP contribution in [0.2, 0.25) is 5.02 Å². The molecule has 2 aliphatic carbocycles. The summed E-state index contributed by atoms with van der Waals surface area (Å²) in [5.74, 6) is 0.887. The van der Waals surface area contributed by atoms with Gasteiger partial charge in [-0.25, -0.2) is 0 Å². The topological polar surface area (TPSA) is 32.9 Å². The highest BCUT2D eigenvalue weighted by Gasteiger charge is 2.42. The standard InChI is InChI=1S/C30H26ClNO/c31-22-12-6-10-20(16-22)29-28(21-11-7-13-23(33)17-21)25(19-8-2-1-3-9-19)18-27-30(29)24-14-4-5-15-26(24)32-27/h1-6,8-10,12,14-17,25,28-29,32H,7,11,13,18H2/t25-,28+,29-/m0/s1. The average molecular weight is 452 g/mol. The molecular weight excluding hydrogens is 426 g/mol. The number of carbonyl (C=O) groups excluding carboxylic acids is 1. The summed E-state index contributed by atoms with van der Waals surface area (Å²) in [7, 11) is 0. The predicted octanol–water partition coefficient (Wildman–Crippen LogP) is 7.59. The number of nitrogens with one attached hydrogen (secondary N) is 1. The Hall–Kier alpha value is -3.10. The minimum atomic E-state index is 0.131. The van der Waals surface area contributed by atoms with Crippen LogP contribution in [-0.2, 0) is 11.2 Å². The van der Waals surface area contributed by atoms with Gasteiger partial charge in [0.25, 0.3) is 0 Å². The molecule has 164 valence electrons. The molecule has 2 nitrogen and oxygen atoms in total. The molecular formula is C30H26ClNO. The van der Waals surface area contributed by atoms with Crippen LogP contribution >= 0.6 is 11.6 Å². The zero-order valence-corrected chi connectivity index (χ0v) is 19.2. The molecule has 3 atom stereocenters. The molecule has 0 saturated heterocycles. The maximum absolute atomic E-state index is 12.6. The number of benzene rings is 3. The minimum absolute atomic E-state index is 0.131. The Morgan fingerprint density at radius 3 is 2.45 bits per heavy atom. The summed E-state index contributed by atoms with van der Waals surface area (Å²) in [6.07, 6.45) is 5.47. The van der Waals surface area contributed by atoms with Crippen molar-refractivity contribution < 1.29 is 4.79 Å². The van der Waals surface area contributed by atoms with Crippen molar-refractivity contribution in [3.63, 3.8) is 0 Å². The van der Waals surface area contributed by atoms with E-state index in [1.54, 1.807) is 0 Å². The van der Waals surface area contributed by atoms with Crippen LogP contribution in [0.5, 0.6) is 0 Å². The molecule has 0 spiro atoms. The molecule has 2 aliphatic rings. The molecule has 0 saturated carbocycles. The molecule has 6 rings (SSSR count). The Kier molecular flexibility index (Phi) is 5.19. The SMILES string of the molecule is O=C1C=C([C@H]2[C@H](c3cccc(Cl)c3)c3c([nH]c4ccccc34)C[C@H]2c2ccccc2)CCC1. The first-order chi connectivity index (χ1) is 16.2. The van der Waals surface area contributed by atoms with Crippen molar-refractivity contribution >= 4 is 28.3 Å². The summed E-state index contributed by atoms with van der Waals surface area (Å²) >= 11 is 6.52. The van der Waals surface area contributed by atoms with Crippen molar-refractivity contribution in [2.45, 2.75) is 37.5 Å². The summed E-state index contributed by atoms with van der Waals surface area (Å²) in [6.45, 7) is 0. The highest BCUT2D eigenvalue weighted by atomic mass is 35.5. The summed E-state index contributed by atoms with van der Waals surface area (Å²) in [5, 5.41) is 2.03. The number of rotatable bonds is 3. The van der Waals surface area contributed by atoms with E-state index < -0.39 is 0 Å². The van der Waals surface area contributed by atoms with Gasteiger partial charge in [-0.15, -0.1) is 0 Å². The maximum Gasteiger partial charge on any atom is 0.155 e. The van der Waals surface area contributed by atoms with Crippen LogP contribution in [0.4, 0.5) is 0 Å². The molecule has 0 unspecified atom stereocenters. The van der Waals surface area contributed by atoms with Gasteiger partial charge in [0.05, 0.1) is 0 Å². The van der Waals surface area contributed by atoms with E-state index in [2.05, 4.69) is 77.8 Å². The van der Waals surface area contributed by atoms with E-state index in [0.717, 1.165) is 24.3 Å². The molecule has 0 fully saturated rings. The van der Waals surface area contributed by atoms with Gasteiger partial charge in [-0.2, -0.15) is 0 Å². The third kappa shape index (κ3) is 3.63. The smallest absolute Gasteiger partial charge is 0.155 e. The van der Waals surface area contributed by atoms with E-state index >= 15 is 0 Å². The zero-order valence-electron chi connectivity index (χ0n) is 18.4. The van der Waals surface area contributed by atoms with Gasteiger partial charge in [-0.1, -0.05) is 77.8 Å². The number of hydrogen-bond donors (Lipinski definition) is 1. The Morgan fingerprint density at radius 2 is 1.64 bits per heavy atom. The van der Waals surface area contributed by atoms with Crippen LogP contribution in [0.15, 0.2) is 90.5 Å². The second-order valence-electron chi connectivity index (χ2n) is 9.38. The highest BCUT2D eigenvalue weighted by molar-refractivity contribution is 6.30. The zero-order chi connectivity index (χ0) is 22.4. The third-order valence-corrected chi connectivity index (χ3v) is 7.69. The van der Waals surface area contributed by atoms with Gasteiger partial charge in [-0.05, 0) is 72.1 Å². The summed E-state index contributed by atoms with van der Waals surface area (Å²) < 4.78 is 0. The molecule has 1 aromatic heterocycles. The molecule has 4 aromatic rings. The molecule has 0 bridgehead atoms. The number of fused-ring (bicyclic) bond motifs is 3. The number of allylic oxidation sites excluding steroid dienone is 2. The Bertz CT molecular complexity index is 1370. The average Bonchev–Trinajstić information content (AvgIpc) is 3.22. The third-order valence-electron chi connectivity index (χ3n) is 7.45. The van der Waals surface area contributed by atoms with Gasteiger partial charge < -0.3 is 4.98 Å². The number of aromatic nitrogens is 1. The molecule has 0 amide bonds. The number of para-hydroxylation sites is 1. The van der Waals surface area contributed by atoms with Gasteiger partial charge in [-0.3, -0.25) is 4.79 Å². The first-order valence-corrected chi connectivity index (χ1v) is 12.2. The first kappa shape index (κ1) is 20.5. The minimum Gasteiger partial charge on any atom is -0.358 e. The van der Waals surface area contributed by atoms with Gasteiger partial charge in [0, 0.05) is 34.0 Å². The monoisotopic (exact) mass is 451 g/mol. The van der Waals surface area contributed by atoms with Crippen LogP contribution in [0.1, 0.15) is 53.5 Å². The number of hydrogen-bond acceptors (Lipinski definition) is 1. The second-order valence-corrected chi connectivity index (χ2v) is 9.82. The van der Waals surface area contributed by atoms with Gasteiger partial charge in [0.1, 0.15) is 0 Å². The van der Waals surface area contributed by atoms with Crippen molar-refractivity contribution in [1.29, 1.82) is 0 Å². The molecule has 1 heterocycles. The maximum atomic E-state index is 12.6. The van der Waals surface area contributed by atoms with Crippen molar-refractivity contribution in [3.8, 4) is 0 Å². The molecule has 3 heteroatoms. The largest absolute Gasteiger partial charge is 0.358 e. The highest BCUT2D eigenvalue weighted by Crippen LogP contribution is 2.54. The molecule has 0 aliphatic heterocycles. The van der Waals surface area contributed by atoms with Crippen molar-refractivity contribution in [3.05, 3.63) is 118 Å². The molecule has 0 radical (unpaired) electrons. The summed E-state index contributed by atoms with van der Waals surface area (Å²) in [5.41, 5.74) is 7.69. The van der Waals surface area contributed by atoms with E-state index in [1.165, 1.54) is 38.9 Å². The lowest BCUT2D eigenvalue weighted by Gasteiger charge is -2.41. The lowest BCUT2D eigenvalue weighted by molar-refractivity contribution is -0.115. The fourth-order valence-electron chi connectivity index (χ4n) is 6.15. The number of H-pyrrole nitrogens is 1. The number of ketones is 1. The predicted molar refractivity (Wildman–Crippen MR) is 135 cm³/mol. The van der Waals surface area contributed by atoms with Crippen molar-refractivity contribution in [1.82, 2.24) is 4.98 Å². The van der Waals surface area contributed by atoms with E-state index in [4.69, 9.17) is 11.6 Å². The van der Waals surface area contributed by atoms with Crippen LogP contribution in [0.3, 0.4) is 0 Å². The van der Waals surface area contributed by atoms with Gasteiger partial charge in [0.15, 0.2) is 5.78 Å². The normalized spacial score (nSPS) is 22.8. The van der Waals surface area contributed by atoms with E-state index in [1.807, 2.05) is 12.1 Å². The summed E-state index contributed by atoms with van der Waals surface area (Å²) in [4.78, 5) is 16.3. The fourth-order valence-corrected chi connectivity index (χ4v) is 6.35. The van der Waals surface area contributed by atoms with E-state index in [0.29, 0.717) is 6.42 Å². The number of halogens is 1. The first-order valence-electron chi connectivity index (χ1n) is 11.8. The summed E-state index contributed by atoms with van der Waals surface area (Å²) in [6, 6.07) is 27.7. The Morgan fingerprint density at radius 1 is 0.848 bits per heavy atom. The number of carbonyl (C=O) groups is 1. The van der Waals surface area contributed by atoms with Crippen LogP contribution in [0.25, 0.3) is 10.9 Å². The van der Waals surface area contributed by atoms with Crippen molar-refractivity contribution in [2.75, 3.05) is 0 Å². The lowest BCUT2D eigenvalue weighted by Crippen LogP contribution is -2.31. The van der Waals surface area contributed by atoms with E-state index in [9.17, 15) is 4.79 Å². The van der Waals surface area contributed by atoms with Crippen LogP contribution < -0.4 is 0 Å². The fraction of sp³-hybridized carbons (Fsp3) is 0.233.